The minimum Gasteiger partial charge on any atom is -0.358 e. The van der Waals surface area contributed by atoms with Gasteiger partial charge in [-0.25, -0.2) is 0 Å². The van der Waals surface area contributed by atoms with Crippen LogP contribution >= 0.6 is 0 Å². The monoisotopic (exact) mass is 226 g/mol. The lowest BCUT2D eigenvalue weighted by molar-refractivity contribution is 0.791. The van der Waals surface area contributed by atoms with Crippen molar-refractivity contribution in [3.05, 3.63) is 48.8 Å². The minimum absolute atomic E-state index is 1.02. The van der Waals surface area contributed by atoms with Crippen LogP contribution in [-0.2, 0) is 0 Å². The molecule has 0 fully saturated rings. The van der Waals surface area contributed by atoms with Crippen LogP contribution in [0.3, 0.4) is 0 Å². The van der Waals surface area contributed by atoms with Crippen LogP contribution in [0.2, 0.25) is 0 Å². The van der Waals surface area contributed by atoms with Gasteiger partial charge in [-0.05, 0) is 25.0 Å². The molecule has 0 aliphatic carbocycles. The molecule has 1 heterocycles. The number of hydrogen-bond acceptors (Lipinski definition) is 2. The number of nitrogens with one attached hydrogen (secondary N) is 1. The van der Waals surface area contributed by atoms with Crippen molar-refractivity contribution >= 4 is 16.6 Å². The van der Waals surface area contributed by atoms with E-state index >= 15 is 0 Å². The molecule has 0 aliphatic heterocycles. The third-order valence-electron chi connectivity index (χ3n) is 2.74. The first-order chi connectivity index (χ1) is 8.29. The minimum atomic E-state index is 1.02. The van der Waals surface area contributed by atoms with Gasteiger partial charge in [-0.2, -0.15) is 0 Å². The molecule has 0 aliphatic rings. The number of para-hydroxylation sites is 1. The normalized spacial score (nSPS) is 10.4. The summed E-state index contributed by atoms with van der Waals surface area (Å²) in [4.78, 5) is 4.41. The summed E-state index contributed by atoms with van der Waals surface area (Å²) < 4.78 is 0. The van der Waals surface area contributed by atoms with Gasteiger partial charge < -0.3 is 5.32 Å². The fourth-order valence-corrected chi connectivity index (χ4v) is 1.80. The maximum absolute atomic E-state index is 4.41. The molecule has 88 valence electrons. The lowest BCUT2D eigenvalue weighted by Crippen LogP contribution is -1.98. The molecule has 17 heavy (non-hydrogen) atoms. The van der Waals surface area contributed by atoms with Crippen molar-refractivity contribution in [1.82, 2.24) is 4.98 Å². The van der Waals surface area contributed by atoms with Gasteiger partial charge in [-0.1, -0.05) is 38.1 Å². The molecule has 1 aromatic heterocycles. The number of rotatable bonds is 5. The highest BCUT2D eigenvalue weighted by Gasteiger charge is 1.98. The van der Waals surface area contributed by atoms with Crippen LogP contribution in [0.1, 0.15) is 26.2 Å². The van der Waals surface area contributed by atoms with Crippen LogP contribution in [0.25, 0.3) is 10.9 Å². The number of benzene rings is 1. The highest BCUT2D eigenvalue weighted by Crippen LogP contribution is 2.18. The van der Waals surface area contributed by atoms with Crippen LogP contribution in [-0.4, -0.2) is 4.98 Å². The lowest BCUT2D eigenvalue weighted by Gasteiger charge is -2.09. The summed E-state index contributed by atoms with van der Waals surface area (Å²) in [6.45, 7) is 6.21. The highest BCUT2D eigenvalue weighted by atomic mass is 14.9. The molecular formula is C15H18N2. The average molecular weight is 226 g/mol. The summed E-state index contributed by atoms with van der Waals surface area (Å²) in [7, 11) is 0. The second-order valence-corrected chi connectivity index (χ2v) is 4.25. The maximum Gasteiger partial charge on any atom is 0.0703 e. The van der Waals surface area contributed by atoms with E-state index in [1.165, 1.54) is 12.8 Å². The number of fused-ring (bicyclic) bond motifs is 1. The van der Waals surface area contributed by atoms with Gasteiger partial charge in [0.05, 0.1) is 17.4 Å². The van der Waals surface area contributed by atoms with E-state index in [9.17, 15) is 0 Å². The zero-order valence-electron chi connectivity index (χ0n) is 10.2. The average Bonchev–Trinajstić information content (AvgIpc) is 2.36. The first kappa shape index (κ1) is 11.6. The molecule has 0 amide bonds. The van der Waals surface area contributed by atoms with Crippen molar-refractivity contribution in [2.24, 2.45) is 0 Å². The van der Waals surface area contributed by atoms with E-state index in [1.54, 1.807) is 0 Å². The molecule has 0 atom stereocenters. The van der Waals surface area contributed by atoms with Gasteiger partial charge in [0.1, 0.15) is 0 Å². The molecule has 0 bridgehead atoms. The van der Waals surface area contributed by atoms with Gasteiger partial charge in [-0.15, -0.1) is 0 Å². The number of unbranched alkanes of at least 4 members (excludes halogenated alkanes) is 1. The molecule has 2 nitrogen and oxygen atoms in total. The van der Waals surface area contributed by atoms with Gasteiger partial charge >= 0.3 is 0 Å². The Morgan fingerprint density at radius 2 is 2.18 bits per heavy atom. The molecule has 0 saturated heterocycles. The molecule has 2 heteroatoms. The zero-order valence-corrected chi connectivity index (χ0v) is 10.2. The molecule has 0 unspecified atom stereocenters. The molecular weight excluding hydrogens is 208 g/mol. The van der Waals surface area contributed by atoms with Gasteiger partial charge in [0.15, 0.2) is 0 Å². The summed E-state index contributed by atoms with van der Waals surface area (Å²) in [5, 5.41) is 4.47. The third kappa shape index (κ3) is 3.06. The first-order valence-electron chi connectivity index (χ1n) is 6.09. The van der Waals surface area contributed by atoms with Crippen LogP contribution in [0.15, 0.2) is 48.8 Å². The molecule has 0 saturated carbocycles. The molecule has 1 N–H and O–H groups in total. The summed E-state index contributed by atoms with van der Waals surface area (Å²) in [5.41, 5.74) is 3.10. The van der Waals surface area contributed by atoms with Crippen molar-refractivity contribution in [2.45, 2.75) is 26.2 Å². The van der Waals surface area contributed by atoms with Crippen LogP contribution in [0.4, 0.5) is 5.69 Å². The molecule has 2 aromatic rings. The Hall–Kier alpha value is -1.83. The van der Waals surface area contributed by atoms with Gasteiger partial charge in [0, 0.05) is 11.1 Å². The highest BCUT2D eigenvalue weighted by molar-refractivity contribution is 5.81. The molecule has 2 rings (SSSR count). The molecule has 1 aromatic carbocycles. The van der Waals surface area contributed by atoms with Crippen molar-refractivity contribution in [2.75, 3.05) is 5.32 Å². The standard InChI is InChI=1S/C15H18N2/c1-3-4-7-12(2)17-14-10-13-8-5-6-9-15(13)16-11-14/h5-6,8-11,17H,2-4,7H2,1H3. The number of nitrogens with zero attached hydrogens (tertiary/aromatic N) is 1. The van der Waals surface area contributed by atoms with Crippen LogP contribution in [0.5, 0.6) is 0 Å². The van der Waals surface area contributed by atoms with Gasteiger partial charge in [0.25, 0.3) is 0 Å². The lowest BCUT2D eigenvalue weighted by atomic mass is 10.2. The Kier molecular flexibility index (Phi) is 3.76. The van der Waals surface area contributed by atoms with Crippen LogP contribution in [0, 0.1) is 0 Å². The van der Waals surface area contributed by atoms with Crippen LogP contribution < -0.4 is 5.32 Å². The molecule has 0 spiro atoms. The number of hydrogen-bond donors (Lipinski definition) is 1. The first-order valence-corrected chi connectivity index (χ1v) is 6.09. The summed E-state index contributed by atoms with van der Waals surface area (Å²) in [6, 6.07) is 10.2. The van der Waals surface area contributed by atoms with Crippen molar-refractivity contribution < 1.29 is 0 Å². The fraction of sp³-hybridized carbons (Fsp3) is 0.267. The van der Waals surface area contributed by atoms with Crippen molar-refractivity contribution in [3.8, 4) is 0 Å². The van der Waals surface area contributed by atoms with E-state index in [0.717, 1.165) is 28.7 Å². The fourth-order valence-electron chi connectivity index (χ4n) is 1.80. The number of allylic oxidation sites excluding steroid dienone is 1. The van der Waals surface area contributed by atoms with E-state index in [1.807, 2.05) is 24.4 Å². The predicted octanol–water partition coefficient (Wildman–Crippen LogP) is 4.35. The van der Waals surface area contributed by atoms with Gasteiger partial charge in [-0.3, -0.25) is 4.98 Å². The second-order valence-electron chi connectivity index (χ2n) is 4.25. The van der Waals surface area contributed by atoms with E-state index < -0.39 is 0 Å². The number of pyridine rings is 1. The smallest absolute Gasteiger partial charge is 0.0703 e. The second kappa shape index (κ2) is 5.48. The third-order valence-corrected chi connectivity index (χ3v) is 2.74. The Balaban J connectivity index is 2.11. The largest absolute Gasteiger partial charge is 0.358 e. The number of anilines is 1. The summed E-state index contributed by atoms with van der Waals surface area (Å²) in [5.74, 6) is 0. The van der Waals surface area contributed by atoms with E-state index in [-0.39, 0.29) is 0 Å². The Labute approximate surface area is 102 Å². The maximum atomic E-state index is 4.41. The summed E-state index contributed by atoms with van der Waals surface area (Å²) in [6.07, 6.45) is 5.24. The Morgan fingerprint density at radius 1 is 1.35 bits per heavy atom. The van der Waals surface area contributed by atoms with Crippen molar-refractivity contribution in [1.29, 1.82) is 0 Å². The zero-order chi connectivity index (χ0) is 12.1. The topological polar surface area (TPSA) is 24.9 Å². The van der Waals surface area contributed by atoms with E-state index in [0.29, 0.717) is 0 Å². The SMILES string of the molecule is C=C(CCCC)Nc1cnc2ccccc2c1. The summed E-state index contributed by atoms with van der Waals surface area (Å²) >= 11 is 0. The number of aromatic nitrogens is 1. The van der Waals surface area contributed by atoms with Crippen molar-refractivity contribution in [3.63, 3.8) is 0 Å². The Bertz CT molecular complexity index is 517. The van der Waals surface area contributed by atoms with E-state index in [4.69, 9.17) is 0 Å². The molecule has 0 radical (unpaired) electrons. The Morgan fingerprint density at radius 3 is 3.00 bits per heavy atom. The van der Waals surface area contributed by atoms with E-state index in [2.05, 4.69) is 35.9 Å². The predicted molar refractivity (Wildman–Crippen MR) is 74.0 cm³/mol. The van der Waals surface area contributed by atoms with Gasteiger partial charge in [0.2, 0.25) is 0 Å². The quantitative estimate of drug-likeness (QED) is 0.819.